The van der Waals surface area contributed by atoms with Crippen LogP contribution in [0.15, 0.2) is 0 Å². The topological polar surface area (TPSA) is 24.9 Å². The number of aromatic nitrogens is 1. The van der Waals surface area contributed by atoms with Crippen molar-refractivity contribution in [1.82, 2.24) is 10.3 Å². The van der Waals surface area contributed by atoms with Crippen molar-refractivity contribution in [3.8, 4) is 0 Å². The number of rotatable bonds is 0. The van der Waals surface area contributed by atoms with Crippen molar-refractivity contribution in [3.63, 3.8) is 0 Å². The van der Waals surface area contributed by atoms with Crippen molar-refractivity contribution in [1.29, 1.82) is 0 Å². The van der Waals surface area contributed by atoms with Gasteiger partial charge in [-0.25, -0.2) is 4.98 Å². The molecule has 3 heteroatoms. The molecule has 1 aromatic heterocycles. The summed E-state index contributed by atoms with van der Waals surface area (Å²) in [5.74, 6) is 0. The summed E-state index contributed by atoms with van der Waals surface area (Å²) in [6.45, 7) is 6.51. The second kappa shape index (κ2) is 2.82. The zero-order chi connectivity index (χ0) is 8.72. The fraction of sp³-hybridized carbons (Fsp3) is 0.667. The fourth-order valence-corrected chi connectivity index (χ4v) is 2.79. The lowest BCUT2D eigenvalue weighted by Gasteiger charge is -2.24. The van der Waals surface area contributed by atoms with E-state index in [1.165, 1.54) is 15.6 Å². The largest absolute Gasteiger partial charge is 0.307 e. The number of nitrogens with zero attached hydrogens (tertiary/aromatic N) is 1. The van der Waals surface area contributed by atoms with Crippen LogP contribution < -0.4 is 5.32 Å². The number of hydrogen-bond acceptors (Lipinski definition) is 3. The third-order valence-electron chi connectivity index (χ3n) is 2.26. The van der Waals surface area contributed by atoms with E-state index in [0.29, 0.717) is 12.1 Å². The maximum absolute atomic E-state index is 4.53. The quantitative estimate of drug-likeness (QED) is 0.664. The molecule has 0 saturated heterocycles. The van der Waals surface area contributed by atoms with Crippen LogP contribution in [0.4, 0.5) is 0 Å². The minimum Gasteiger partial charge on any atom is -0.307 e. The maximum atomic E-state index is 4.53. The first-order valence-corrected chi connectivity index (χ1v) is 5.20. The highest BCUT2D eigenvalue weighted by molar-refractivity contribution is 7.11. The lowest BCUT2D eigenvalue weighted by molar-refractivity contribution is 0.447. The van der Waals surface area contributed by atoms with Crippen LogP contribution in [0.2, 0.25) is 0 Å². The molecule has 0 saturated carbocycles. The summed E-state index contributed by atoms with van der Waals surface area (Å²) < 4.78 is 0. The minimum atomic E-state index is 0.495. The molecule has 2 nitrogen and oxygen atoms in total. The summed E-state index contributed by atoms with van der Waals surface area (Å²) >= 11 is 1.83. The first-order chi connectivity index (χ1) is 5.66. The van der Waals surface area contributed by atoms with Crippen LogP contribution in [0.3, 0.4) is 0 Å². The summed E-state index contributed by atoms with van der Waals surface area (Å²) in [7, 11) is 0. The maximum Gasteiger partial charge on any atom is 0.0900 e. The summed E-state index contributed by atoms with van der Waals surface area (Å²) in [5.41, 5.74) is 1.32. The molecule has 66 valence electrons. The first-order valence-electron chi connectivity index (χ1n) is 4.39. The predicted molar refractivity (Wildman–Crippen MR) is 51.6 cm³/mol. The molecule has 0 radical (unpaired) electrons. The van der Waals surface area contributed by atoms with E-state index in [2.05, 4.69) is 31.1 Å². The lowest BCUT2D eigenvalue weighted by atomic mass is 10.0. The Kier molecular flexibility index (Phi) is 1.93. The van der Waals surface area contributed by atoms with E-state index < -0.39 is 0 Å². The van der Waals surface area contributed by atoms with Gasteiger partial charge in [0.25, 0.3) is 0 Å². The molecule has 0 bridgehead atoms. The summed E-state index contributed by atoms with van der Waals surface area (Å²) in [5, 5.41) is 4.72. The monoisotopic (exact) mass is 182 g/mol. The molecule has 0 aromatic carbocycles. The summed E-state index contributed by atoms with van der Waals surface area (Å²) in [6, 6.07) is 1.07. The number of hydrogen-bond donors (Lipinski definition) is 1. The van der Waals surface area contributed by atoms with Gasteiger partial charge in [0.15, 0.2) is 0 Å². The SMILES string of the molecule is Cc1nc2c(s1)[C@@H](C)N[C@H](C)C2. The molecule has 0 spiro atoms. The van der Waals surface area contributed by atoms with Gasteiger partial charge >= 0.3 is 0 Å². The molecule has 12 heavy (non-hydrogen) atoms. The minimum absolute atomic E-state index is 0.495. The Morgan fingerprint density at radius 2 is 2.25 bits per heavy atom. The van der Waals surface area contributed by atoms with Crippen molar-refractivity contribution in [3.05, 3.63) is 15.6 Å². The third-order valence-corrected chi connectivity index (χ3v) is 3.46. The predicted octanol–water partition coefficient (Wildman–Crippen LogP) is 2.05. The van der Waals surface area contributed by atoms with Gasteiger partial charge in [0.05, 0.1) is 10.7 Å². The van der Waals surface area contributed by atoms with Crippen molar-refractivity contribution in [2.45, 2.75) is 39.3 Å². The molecular weight excluding hydrogens is 168 g/mol. The van der Waals surface area contributed by atoms with Crippen LogP contribution in [-0.4, -0.2) is 11.0 Å². The van der Waals surface area contributed by atoms with Crippen molar-refractivity contribution >= 4 is 11.3 Å². The Labute approximate surface area is 77.0 Å². The fourth-order valence-electron chi connectivity index (χ4n) is 1.82. The van der Waals surface area contributed by atoms with Gasteiger partial charge in [-0.2, -0.15) is 0 Å². The summed E-state index contributed by atoms with van der Waals surface area (Å²) in [4.78, 5) is 5.97. The normalized spacial score (nSPS) is 28.6. The number of fused-ring (bicyclic) bond motifs is 1. The second-order valence-electron chi connectivity index (χ2n) is 3.54. The van der Waals surface area contributed by atoms with Crippen LogP contribution >= 0.6 is 11.3 Å². The van der Waals surface area contributed by atoms with Gasteiger partial charge in [0.1, 0.15) is 0 Å². The highest BCUT2D eigenvalue weighted by atomic mass is 32.1. The molecule has 2 rings (SSSR count). The average Bonchev–Trinajstić information content (AvgIpc) is 2.29. The summed E-state index contributed by atoms with van der Waals surface area (Å²) in [6.07, 6.45) is 1.09. The Bertz CT molecular complexity index is 293. The molecular formula is C9H14N2S. The third kappa shape index (κ3) is 1.27. The second-order valence-corrected chi connectivity index (χ2v) is 4.77. The van der Waals surface area contributed by atoms with Gasteiger partial charge in [0, 0.05) is 23.4 Å². The zero-order valence-corrected chi connectivity index (χ0v) is 8.53. The molecule has 2 heterocycles. The van der Waals surface area contributed by atoms with Gasteiger partial charge in [-0.3, -0.25) is 0 Å². The molecule has 0 aliphatic carbocycles. The molecule has 1 aliphatic heterocycles. The van der Waals surface area contributed by atoms with E-state index in [4.69, 9.17) is 0 Å². The molecule has 0 fully saturated rings. The highest BCUT2D eigenvalue weighted by Gasteiger charge is 2.23. The Morgan fingerprint density at radius 3 is 3.00 bits per heavy atom. The van der Waals surface area contributed by atoms with Crippen molar-refractivity contribution in [2.24, 2.45) is 0 Å². The zero-order valence-electron chi connectivity index (χ0n) is 7.72. The van der Waals surface area contributed by atoms with Crippen LogP contribution in [0.25, 0.3) is 0 Å². The lowest BCUT2D eigenvalue weighted by Crippen LogP contribution is -2.35. The molecule has 1 N–H and O–H groups in total. The van der Waals surface area contributed by atoms with E-state index in [1.54, 1.807) is 0 Å². The number of nitrogens with one attached hydrogen (secondary N) is 1. The number of thiazole rings is 1. The Balaban J connectivity index is 2.40. The first kappa shape index (κ1) is 8.20. The van der Waals surface area contributed by atoms with Crippen LogP contribution in [0.5, 0.6) is 0 Å². The smallest absolute Gasteiger partial charge is 0.0900 e. The van der Waals surface area contributed by atoms with Gasteiger partial charge < -0.3 is 5.32 Å². The average molecular weight is 182 g/mol. The molecule has 2 atom stereocenters. The number of aryl methyl sites for hydroxylation is 1. The van der Waals surface area contributed by atoms with Gasteiger partial charge in [-0.05, 0) is 20.8 Å². The van der Waals surface area contributed by atoms with Crippen LogP contribution in [-0.2, 0) is 6.42 Å². The Hall–Kier alpha value is -0.410. The molecule has 1 aromatic rings. The van der Waals surface area contributed by atoms with Gasteiger partial charge in [-0.15, -0.1) is 11.3 Å². The highest BCUT2D eigenvalue weighted by Crippen LogP contribution is 2.29. The Morgan fingerprint density at radius 1 is 1.50 bits per heavy atom. The molecule has 1 aliphatic rings. The molecule has 0 unspecified atom stereocenters. The van der Waals surface area contributed by atoms with E-state index in [9.17, 15) is 0 Å². The van der Waals surface area contributed by atoms with Gasteiger partial charge in [-0.1, -0.05) is 0 Å². The van der Waals surface area contributed by atoms with E-state index in [-0.39, 0.29) is 0 Å². The molecule has 0 amide bonds. The van der Waals surface area contributed by atoms with Gasteiger partial charge in [0.2, 0.25) is 0 Å². The van der Waals surface area contributed by atoms with Crippen molar-refractivity contribution in [2.75, 3.05) is 0 Å². The van der Waals surface area contributed by atoms with Crippen molar-refractivity contribution < 1.29 is 0 Å². The van der Waals surface area contributed by atoms with E-state index in [1.807, 2.05) is 11.3 Å². The van der Waals surface area contributed by atoms with Crippen LogP contribution in [0.1, 0.15) is 35.5 Å². The van der Waals surface area contributed by atoms with Crippen LogP contribution in [0, 0.1) is 6.92 Å². The standard InChI is InChI=1S/C9H14N2S/c1-5-4-8-9(6(2)10-5)12-7(3)11-8/h5-6,10H,4H2,1-3H3/t5-,6-/m1/s1. The van der Waals surface area contributed by atoms with E-state index >= 15 is 0 Å². The van der Waals surface area contributed by atoms with E-state index in [0.717, 1.165) is 6.42 Å².